The van der Waals surface area contributed by atoms with Crippen molar-refractivity contribution in [3.05, 3.63) is 35.6 Å². The first-order valence-electron chi connectivity index (χ1n) is 6.59. The van der Waals surface area contributed by atoms with Crippen molar-refractivity contribution in [2.75, 3.05) is 6.26 Å². The van der Waals surface area contributed by atoms with Gasteiger partial charge in [0.1, 0.15) is 5.82 Å². The number of halogens is 1. The Hall–Kier alpha value is -0.940. The van der Waals surface area contributed by atoms with Gasteiger partial charge in [0.05, 0.1) is 5.25 Å². The van der Waals surface area contributed by atoms with E-state index in [0.717, 1.165) is 12.8 Å². The lowest BCUT2D eigenvalue weighted by molar-refractivity contribution is 0.443. The van der Waals surface area contributed by atoms with Crippen LogP contribution in [0.15, 0.2) is 24.3 Å². The van der Waals surface area contributed by atoms with Crippen molar-refractivity contribution in [1.29, 1.82) is 0 Å². The Morgan fingerprint density at radius 1 is 1.32 bits per heavy atom. The summed E-state index contributed by atoms with van der Waals surface area (Å²) in [6.07, 6.45) is 3.71. The Morgan fingerprint density at radius 3 is 2.63 bits per heavy atom. The molecular formula is C14H20FNO2S. The van der Waals surface area contributed by atoms with Crippen LogP contribution in [0.2, 0.25) is 0 Å². The van der Waals surface area contributed by atoms with Crippen LogP contribution < -0.4 is 5.32 Å². The van der Waals surface area contributed by atoms with Crippen LogP contribution in [0.1, 0.15) is 37.8 Å². The summed E-state index contributed by atoms with van der Waals surface area (Å²) in [5, 5.41) is 2.93. The summed E-state index contributed by atoms with van der Waals surface area (Å²) in [5.41, 5.74) is 0.585. The van der Waals surface area contributed by atoms with E-state index in [1.807, 2.05) is 6.92 Å². The van der Waals surface area contributed by atoms with E-state index in [4.69, 9.17) is 0 Å². The predicted molar refractivity (Wildman–Crippen MR) is 74.2 cm³/mol. The molecule has 1 fully saturated rings. The Kier molecular flexibility index (Phi) is 4.26. The Labute approximate surface area is 114 Å². The molecule has 2 rings (SSSR count). The highest BCUT2D eigenvalue weighted by molar-refractivity contribution is 7.91. The van der Waals surface area contributed by atoms with Gasteiger partial charge in [0.2, 0.25) is 0 Å². The second-order valence-electron chi connectivity index (χ2n) is 5.32. The molecule has 0 spiro atoms. The first-order chi connectivity index (χ1) is 8.89. The third kappa shape index (κ3) is 3.34. The second kappa shape index (κ2) is 5.59. The summed E-state index contributed by atoms with van der Waals surface area (Å²) in [5.74, 6) is -0.253. The fourth-order valence-electron chi connectivity index (χ4n) is 2.87. The quantitative estimate of drug-likeness (QED) is 0.924. The molecule has 1 N–H and O–H groups in total. The molecular weight excluding hydrogens is 265 g/mol. The van der Waals surface area contributed by atoms with Gasteiger partial charge >= 0.3 is 0 Å². The average molecular weight is 285 g/mol. The molecule has 106 valence electrons. The lowest BCUT2D eigenvalue weighted by Gasteiger charge is -2.24. The number of nitrogens with one attached hydrogen (secondary N) is 1. The van der Waals surface area contributed by atoms with Gasteiger partial charge in [-0.3, -0.25) is 0 Å². The van der Waals surface area contributed by atoms with E-state index in [1.165, 1.54) is 12.3 Å². The highest BCUT2D eigenvalue weighted by Gasteiger charge is 2.35. The molecule has 1 aromatic carbocycles. The Balaban J connectivity index is 2.11. The van der Waals surface area contributed by atoms with Crippen molar-refractivity contribution in [2.24, 2.45) is 0 Å². The fraction of sp³-hybridized carbons (Fsp3) is 0.571. The van der Waals surface area contributed by atoms with E-state index >= 15 is 0 Å². The lowest BCUT2D eigenvalue weighted by Crippen LogP contribution is -2.41. The standard InChI is InChI=1S/C14H20FNO2S/c1-10(11-6-3-4-7-12(11)15)16-13-8-5-9-14(13)19(2,17)18/h3-4,6-7,10,13-14,16H,5,8-9H2,1-2H3/t10-,13?,14?/m1/s1. The summed E-state index contributed by atoms with van der Waals surface area (Å²) in [4.78, 5) is 0. The summed E-state index contributed by atoms with van der Waals surface area (Å²) < 4.78 is 37.1. The molecule has 1 aliphatic rings. The molecule has 2 unspecified atom stereocenters. The van der Waals surface area contributed by atoms with Crippen LogP contribution in [0.5, 0.6) is 0 Å². The van der Waals surface area contributed by atoms with Gasteiger partial charge in [-0.25, -0.2) is 12.8 Å². The van der Waals surface area contributed by atoms with Gasteiger partial charge in [-0.1, -0.05) is 24.6 Å². The van der Waals surface area contributed by atoms with E-state index in [9.17, 15) is 12.8 Å². The molecule has 3 nitrogen and oxygen atoms in total. The third-order valence-electron chi connectivity index (χ3n) is 3.84. The van der Waals surface area contributed by atoms with E-state index in [0.29, 0.717) is 12.0 Å². The van der Waals surface area contributed by atoms with Crippen molar-refractivity contribution in [2.45, 2.75) is 43.5 Å². The molecule has 1 aliphatic carbocycles. The van der Waals surface area contributed by atoms with Gasteiger partial charge < -0.3 is 5.32 Å². The normalized spacial score (nSPS) is 25.4. The van der Waals surface area contributed by atoms with Crippen LogP contribution in [-0.2, 0) is 9.84 Å². The van der Waals surface area contributed by atoms with Crippen molar-refractivity contribution >= 4 is 9.84 Å². The Morgan fingerprint density at radius 2 is 2.00 bits per heavy atom. The summed E-state index contributed by atoms with van der Waals surface area (Å²) in [6, 6.07) is 6.34. The number of sulfone groups is 1. The molecule has 3 atom stereocenters. The van der Waals surface area contributed by atoms with Crippen LogP contribution in [0, 0.1) is 5.82 Å². The molecule has 0 saturated heterocycles. The van der Waals surface area contributed by atoms with Crippen molar-refractivity contribution < 1.29 is 12.8 Å². The largest absolute Gasteiger partial charge is 0.306 e. The van der Waals surface area contributed by atoms with Crippen molar-refractivity contribution in [3.8, 4) is 0 Å². The van der Waals surface area contributed by atoms with Crippen LogP contribution >= 0.6 is 0 Å². The van der Waals surface area contributed by atoms with Crippen molar-refractivity contribution in [1.82, 2.24) is 5.32 Å². The topological polar surface area (TPSA) is 46.2 Å². The molecule has 0 heterocycles. The van der Waals surface area contributed by atoms with E-state index < -0.39 is 9.84 Å². The van der Waals surface area contributed by atoms with Crippen LogP contribution in [0.3, 0.4) is 0 Å². The van der Waals surface area contributed by atoms with Gasteiger partial charge in [0.15, 0.2) is 9.84 Å². The fourth-order valence-corrected chi connectivity index (χ4v) is 4.27. The number of rotatable bonds is 4. The third-order valence-corrected chi connectivity index (χ3v) is 5.50. The summed E-state index contributed by atoms with van der Waals surface area (Å²) in [6.45, 7) is 1.87. The zero-order valence-electron chi connectivity index (χ0n) is 11.3. The molecule has 0 aromatic heterocycles. The maximum Gasteiger partial charge on any atom is 0.151 e. The minimum Gasteiger partial charge on any atom is -0.306 e. The van der Waals surface area contributed by atoms with E-state index in [1.54, 1.807) is 18.2 Å². The zero-order valence-corrected chi connectivity index (χ0v) is 12.1. The molecule has 19 heavy (non-hydrogen) atoms. The van der Waals surface area contributed by atoms with Crippen LogP contribution in [0.4, 0.5) is 4.39 Å². The van der Waals surface area contributed by atoms with Gasteiger partial charge in [0.25, 0.3) is 0 Å². The highest BCUT2D eigenvalue weighted by Crippen LogP contribution is 2.28. The second-order valence-corrected chi connectivity index (χ2v) is 7.58. The minimum atomic E-state index is -3.05. The Bertz CT molecular complexity index is 544. The number of benzene rings is 1. The first-order valence-corrected chi connectivity index (χ1v) is 8.54. The van der Waals surface area contributed by atoms with Crippen LogP contribution in [0.25, 0.3) is 0 Å². The van der Waals surface area contributed by atoms with Crippen LogP contribution in [-0.4, -0.2) is 26.0 Å². The van der Waals surface area contributed by atoms with Gasteiger partial charge in [-0.15, -0.1) is 0 Å². The average Bonchev–Trinajstić information content (AvgIpc) is 2.77. The molecule has 0 aliphatic heterocycles. The molecule has 0 radical (unpaired) electrons. The SMILES string of the molecule is C[C@@H](NC1CCCC1S(C)(=O)=O)c1ccccc1F. The molecule has 1 aromatic rings. The first kappa shape index (κ1) is 14.5. The smallest absolute Gasteiger partial charge is 0.151 e. The summed E-state index contributed by atoms with van der Waals surface area (Å²) >= 11 is 0. The maximum atomic E-state index is 13.7. The molecule has 0 amide bonds. The lowest BCUT2D eigenvalue weighted by atomic mass is 10.1. The molecule has 1 saturated carbocycles. The number of hydrogen-bond acceptors (Lipinski definition) is 3. The van der Waals surface area contributed by atoms with Gasteiger partial charge in [-0.05, 0) is 25.8 Å². The molecule has 5 heteroatoms. The maximum absolute atomic E-state index is 13.7. The van der Waals surface area contributed by atoms with E-state index in [-0.39, 0.29) is 23.2 Å². The summed E-state index contributed by atoms with van der Waals surface area (Å²) in [7, 11) is -3.05. The van der Waals surface area contributed by atoms with Gasteiger partial charge in [0, 0.05) is 23.9 Å². The highest BCUT2D eigenvalue weighted by atomic mass is 32.2. The number of hydrogen-bond donors (Lipinski definition) is 1. The molecule has 0 bridgehead atoms. The predicted octanol–water partition coefficient (Wildman–Crippen LogP) is 2.44. The minimum absolute atomic E-state index is 0.0791. The monoisotopic (exact) mass is 285 g/mol. The van der Waals surface area contributed by atoms with Gasteiger partial charge in [-0.2, -0.15) is 0 Å². The van der Waals surface area contributed by atoms with E-state index in [2.05, 4.69) is 5.32 Å². The zero-order chi connectivity index (χ0) is 14.0. The van der Waals surface area contributed by atoms with Crippen molar-refractivity contribution in [3.63, 3.8) is 0 Å².